The molecule has 112 valence electrons. The molecule has 1 aliphatic carbocycles. The number of ether oxygens (including phenoxy) is 1. The minimum absolute atomic E-state index is 0.193. The van der Waals surface area contributed by atoms with Crippen molar-refractivity contribution >= 4 is 17.3 Å². The Bertz CT molecular complexity index is 607. The number of rotatable bonds is 4. The number of aryl methyl sites for hydroxylation is 1. The van der Waals surface area contributed by atoms with E-state index in [2.05, 4.69) is 20.4 Å². The molecule has 0 saturated heterocycles. The van der Waals surface area contributed by atoms with E-state index in [0.717, 1.165) is 12.8 Å². The second kappa shape index (κ2) is 5.99. The van der Waals surface area contributed by atoms with Gasteiger partial charge < -0.3 is 20.3 Å². The molecule has 1 aliphatic rings. The van der Waals surface area contributed by atoms with E-state index >= 15 is 0 Å². The summed E-state index contributed by atoms with van der Waals surface area (Å²) in [7, 11) is 0. The van der Waals surface area contributed by atoms with Crippen LogP contribution in [0.3, 0.4) is 0 Å². The molecule has 3 rings (SSSR count). The van der Waals surface area contributed by atoms with Crippen LogP contribution in [0.1, 0.15) is 37.9 Å². The number of aromatic nitrogens is 3. The topological polar surface area (TPSA) is 99.1 Å². The molecule has 0 radical (unpaired) electrons. The van der Waals surface area contributed by atoms with Crippen LogP contribution in [0.25, 0.3) is 0 Å². The summed E-state index contributed by atoms with van der Waals surface area (Å²) >= 11 is 0. The van der Waals surface area contributed by atoms with Crippen LogP contribution in [0.15, 0.2) is 16.9 Å². The quantitative estimate of drug-likeness (QED) is 0.892. The summed E-state index contributed by atoms with van der Waals surface area (Å²) in [4.78, 5) is 8.27. The molecule has 2 aromatic rings. The molecule has 2 heterocycles. The zero-order chi connectivity index (χ0) is 14.7. The van der Waals surface area contributed by atoms with Crippen molar-refractivity contribution in [3.63, 3.8) is 0 Å². The molecule has 0 spiro atoms. The average Bonchev–Trinajstić information content (AvgIpc) is 2.90. The molecule has 0 bridgehead atoms. The highest BCUT2D eigenvalue weighted by molar-refractivity contribution is 5.70. The Kier molecular flexibility index (Phi) is 3.89. The van der Waals surface area contributed by atoms with E-state index in [-0.39, 0.29) is 6.10 Å². The van der Waals surface area contributed by atoms with Gasteiger partial charge in [0.2, 0.25) is 5.88 Å². The van der Waals surface area contributed by atoms with Crippen molar-refractivity contribution in [2.24, 2.45) is 0 Å². The second-order valence-corrected chi connectivity index (χ2v) is 5.27. The third-order valence-corrected chi connectivity index (χ3v) is 3.55. The van der Waals surface area contributed by atoms with Gasteiger partial charge in [0, 0.05) is 6.07 Å². The van der Waals surface area contributed by atoms with Crippen LogP contribution in [0, 0.1) is 6.92 Å². The molecule has 0 aliphatic heterocycles. The molecular weight excluding hydrogens is 270 g/mol. The molecule has 2 aromatic heterocycles. The van der Waals surface area contributed by atoms with Crippen molar-refractivity contribution < 1.29 is 9.26 Å². The first-order valence-electron chi connectivity index (χ1n) is 7.20. The summed E-state index contributed by atoms with van der Waals surface area (Å²) in [6.07, 6.45) is 7.39. The number of nitrogen functional groups attached to an aromatic ring is 1. The molecule has 0 amide bonds. The predicted molar refractivity (Wildman–Crippen MR) is 78.5 cm³/mol. The molecule has 7 nitrogen and oxygen atoms in total. The smallest absolute Gasteiger partial charge is 0.242 e. The standard InChI is InChI=1S/C14H19N5O2/c1-9-7-11(19-21-9)18-13-12(15)14(17-8-16-13)20-10-5-3-2-4-6-10/h7-8,10H,2-6,15H2,1H3,(H,16,17,18,19). The summed E-state index contributed by atoms with van der Waals surface area (Å²) in [6.45, 7) is 1.82. The van der Waals surface area contributed by atoms with Gasteiger partial charge in [0.25, 0.3) is 0 Å². The minimum Gasteiger partial charge on any atom is -0.473 e. The Morgan fingerprint density at radius 2 is 2.10 bits per heavy atom. The Hall–Kier alpha value is -2.31. The number of hydrogen-bond acceptors (Lipinski definition) is 7. The fraction of sp³-hybridized carbons (Fsp3) is 0.500. The lowest BCUT2D eigenvalue weighted by Crippen LogP contribution is -2.21. The van der Waals surface area contributed by atoms with E-state index in [9.17, 15) is 0 Å². The van der Waals surface area contributed by atoms with E-state index < -0.39 is 0 Å². The normalized spacial score (nSPS) is 15.9. The van der Waals surface area contributed by atoms with Gasteiger partial charge in [-0.3, -0.25) is 0 Å². The van der Waals surface area contributed by atoms with E-state index in [1.54, 1.807) is 6.07 Å². The van der Waals surface area contributed by atoms with Crippen LogP contribution in [-0.4, -0.2) is 21.2 Å². The summed E-state index contributed by atoms with van der Waals surface area (Å²) in [5.41, 5.74) is 6.48. The van der Waals surface area contributed by atoms with Gasteiger partial charge in [-0.25, -0.2) is 4.98 Å². The molecule has 1 saturated carbocycles. The summed E-state index contributed by atoms with van der Waals surface area (Å²) in [5.74, 6) is 2.18. The van der Waals surface area contributed by atoms with Gasteiger partial charge in [-0.1, -0.05) is 11.6 Å². The molecule has 0 aromatic carbocycles. The van der Waals surface area contributed by atoms with Gasteiger partial charge in [0.15, 0.2) is 11.6 Å². The lowest BCUT2D eigenvalue weighted by Gasteiger charge is -2.23. The predicted octanol–water partition coefficient (Wildman–Crippen LogP) is 2.81. The first-order valence-corrected chi connectivity index (χ1v) is 7.20. The van der Waals surface area contributed by atoms with Crippen molar-refractivity contribution in [1.82, 2.24) is 15.1 Å². The maximum Gasteiger partial charge on any atom is 0.242 e. The SMILES string of the molecule is Cc1cc(Nc2ncnc(OC3CCCCC3)c2N)no1. The number of nitrogens with two attached hydrogens (primary N) is 1. The van der Waals surface area contributed by atoms with E-state index in [1.807, 2.05) is 6.92 Å². The van der Waals surface area contributed by atoms with E-state index in [1.165, 1.54) is 25.6 Å². The van der Waals surface area contributed by atoms with Crippen LogP contribution >= 0.6 is 0 Å². The third kappa shape index (κ3) is 3.24. The Balaban J connectivity index is 1.74. The average molecular weight is 289 g/mol. The summed E-state index contributed by atoms with van der Waals surface area (Å²) < 4.78 is 10.9. The lowest BCUT2D eigenvalue weighted by atomic mass is 9.98. The largest absolute Gasteiger partial charge is 0.473 e. The highest BCUT2D eigenvalue weighted by atomic mass is 16.5. The monoisotopic (exact) mass is 289 g/mol. The maximum atomic E-state index is 6.08. The molecular formula is C14H19N5O2. The van der Waals surface area contributed by atoms with Crippen molar-refractivity contribution in [3.8, 4) is 5.88 Å². The zero-order valence-electron chi connectivity index (χ0n) is 12.0. The second-order valence-electron chi connectivity index (χ2n) is 5.27. The van der Waals surface area contributed by atoms with Crippen molar-refractivity contribution in [2.45, 2.75) is 45.1 Å². The number of nitrogens with zero attached hydrogens (tertiary/aromatic N) is 3. The third-order valence-electron chi connectivity index (χ3n) is 3.55. The molecule has 0 unspecified atom stereocenters. The van der Waals surface area contributed by atoms with Gasteiger partial charge in [-0.05, 0) is 32.6 Å². The van der Waals surface area contributed by atoms with Gasteiger partial charge in [-0.15, -0.1) is 0 Å². The van der Waals surface area contributed by atoms with Gasteiger partial charge >= 0.3 is 0 Å². The van der Waals surface area contributed by atoms with Crippen LogP contribution in [0.2, 0.25) is 0 Å². The Morgan fingerprint density at radius 3 is 2.81 bits per heavy atom. The van der Waals surface area contributed by atoms with E-state index in [0.29, 0.717) is 29.0 Å². The summed E-state index contributed by atoms with van der Waals surface area (Å²) in [5, 5.41) is 6.86. The van der Waals surface area contributed by atoms with Gasteiger partial charge in [0.05, 0.1) is 0 Å². The highest BCUT2D eigenvalue weighted by Gasteiger charge is 2.18. The molecule has 7 heteroatoms. The fourth-order valence-corrected chi connectivity index (χ4v) is 2.46. The number of anilines is 3. The van der Waals surface area contributed by atoms with Crippen LogP contribution < -0.4 is 15.8 Å². The molecule has 21 heavy (non-hydrogen) atoms. The first kappa shape index (κ1) is 13.7. The van der Waals surface area contributed by atoms with Crippen molar-refractivity contribution in [1.29, 1.82) is 0 Å². The Morgan fingerprint density at radius 1 is 1.29 bits per heavy atom. The number of hydrogen-bond donors (Lipinski definition) is 2. The van der Waals surface area contributed by atoms with Gasteiger partial charge in [-0.2, -0.15) is 4.98 Å². The molecule has 0 atom stereocenters. The fourth-order valence-electron chi connectivity index (χ4n) is 2.46. The van der Waals surface area contributed by atoms with Crippen LogP contribution in [0.4, 0.5) is 17.3 Å². The molecule has 1 fully saturated rings. The highest BCUT2D eigenvalue weighted by Crippen LogP contribution is 2.30. The minimum atomic E-state index is 0.193. The van der Waals surface area contributed by atoms with Crippen molar-refractivity contribution in [3.05, 3.63) is 18.2 Å². The van der Waals surface area contributed by atoms with Crippen LogP contribution in [0.5, 0.6) is 5.88 Å². The van der Waals surface area contributed by atoms with Gasteiger partial charge in [0.1, 0.15) is 23.9 Å². The van der Waals surface area contributed by atoms with Crippen molar-refractivity contribution in [2.75, 3.05) is 11.1 Å². The lowest BCUT2D eigenvalue weighted by molar-refractivity contribution is 0.149. The van der Waals surface area contributed by atoms with E-state index in [4.69, 9.17) is 15.0 Å². The molecule has 3 N–H and O–H groups in total. The van der Waals surface area contributed by atoms with Crippen LogP contribution in [-0.2, 0) is 0 Å². The maximum absolute atomic E-state index is 6.08. The number of nitrogens with one attached hydrogen (secondary N) is 1. The first-order chi connectivity index (χ1) is 10.2. The zero-order valence-corrected chi connectivity index (χ0v) is 12.0. The summed E-state index contributed by atoms with van der Waals surface area (Å²) in [6, 6.07) is 1.77. The Labute approximate surface area is 122 Å².